The lowest BCUT2D eigenvalue weighted by molar-refractivity contribution is 0.340. The molecule has 0 amide bonds. The molecule has 0 aliphatic carbocycles. The lowest BCUT2D eigenvalue weighted by atomic mass is 9.95. The smallest absolute Gasteiger partial charge is 0.00416 e. The second-order valence-electron chi connectivity index (χ2n) is 2.93. The van der Waals surface area contributed by atoms with Crippen LogP contribution in [0.4, 0.5) is 0 Å². The van der Waals surface area contributed by atoms with Gasteiger partial charge in [-0.2, -0.15) is 12.6 Å². The van der Waals surface area contributed by atoms with E-state index in [0.717, 1.165) is 17.7 Å². The third kappa shape index (κ3) is 2.18. The van der Waals surface area contributed by atoms with Crippen molar-refractivity contribution >= 4 is 12.6 Å². The fourth-order valence-electron chi connectivity index (χ4n) is 1.40. The Balaban J connectivity index is 2.23. The van der Waals surface area contributed by atoms with Crippen molar-refractivity contribution in [3.05, 3.63) is 0 Å². The molecule has 9 heavy (non-hydrogen) atoms. The summed E-state index contributed by atoms with van der Waals surface area (Å²) in [4.78, 5) is 0. The molecule has 1 N–H and O–H groups in total. The van der Waals surface area contributed by atoms with Crippen molar-refractivity contribution in [3.8, 4) is 0 Å². The number of nitrogens with one attached hydrogen (secondary N) is 1. The number of hydrogen-bond donors (Lipinski definition) is 2. The van der Waals surface area contributed by atoms with Crippen LogP contribution in [0, 0.1) is 5.92 Å². The first-order chi connectivity index (χ1) is 4.33. The van der Waals surface area contributed by atoms with Gasteiger partial charge in [-0.25, -0.2) is 0 Å². The van der Waals surface area contributed by atoms with Crippen molar-refractivity contribution < 1.29 is 0 Å². The molecule has 1 rings (SSSR count). The Labute approximate surface area is 62.6 Å². The van der Waals surface area contributed by atoms with Crippen molar-refractivity contribution in [2.75, 3.05) is 12.3 Å². The number of thiol groups is 1. The zero-order valence-corrected chi connectivity index (χ0v) is 6.82. The van der Waals surface area contributed by atoms with Crippen LogP contribution in [0.5, 0.6) is 0 Å². The van der Waals surface area contributed by atoms with Gasteiger partial charge in [-0.05, 0) is 38.0 Å². The molecule has 2 heteroatoms. The molecule has 1 fully saturated rings. The summed E-state index contributed by atoms with van der Waals surface area (Å²) in [6, 6.07) is 0.718. The van der Waals surface area contributed by atoms with E-state index >= 15 is 0 Å². The molecule has 1 aliphatic rings. The van der Waals surface area contributed by atoms with Gasteiger partial charge in [-0.15, -0.1) is 0 Å². The summed E-state index contributed by atoms with van der Waals surface area (Å²) in [6.45, 7) is 3.43. The highest BCUT2D eigenvalue weighted by Crippen LogP contribution is 2.16. The van der Waals surface area contributed by atoms with E-state index in [1.54, 1.807) is 0 Å². The normalized spacial score (nSPS) is 36.7. The molecule has 0 spiro atoms. The molecule has 0 aromatic heterocycles. The van der Waals surface area contributed by atoms with E-state index in [2.05, 4.69) is 24.9 Å². The molecule has 0 radical (unpaired) electrons. The Hall–Kier alpha value is 0.310. The minimum atomic E-state index is 0.718. The number of piperidine rings is 1. The fraction of sp³-hybridized carbons (Fsp3) is 1.00. The van der Waals surface area contributed by atoms with Crippen LogP contribution in [-0.4, -0.2) is 18.3 Å². The average molecular weight is 145 g/mol. The van der Waals surface area contributed by atoms with Crippen LogP contribution in [0.1, 0.15) is 19.8 Å². The summed E-state index contributed by atoms with van der Waals surface area (Å²) in [6.07, 6.45) is 2.62. The van der Waals surface area contributed by atoms with E-state index in [1.807, 2.05) is 0 Å². The van der Waals surface area contributed by atoms with Gasteiger partial charge in [0.2, 0.25) is 0 Å². The van der Waals surface area contributed by atoms with Gasteiger partial charge in [-0.3, -0.25) is 0 Å². The molecular formula is C7H15NS. The zero-order valence-electron chi connectivity index (χ0n) is 5.93. The average Bonchev–Trinajstić information content (AvgIpc) is 1.88. The van der Waals surface area contributed by atoms with E-state index in [4.69, 9.17) is 0 Å². The second-order valence-corrected chi connectivity index (χ2v) is 3.29. The molecular weight excluding hydrogens is 130 g/mol. The maximum Gasteiger partial charge on any atom is 0.00416 e. The van der Waals surface area contributed by atoms with Crippen LogP contribution >= 0.6 is 12.6 Å². The van der Waals surface area contributed by atoms with E-state index in [9.17, 15) is 0 Å². The summed E-state index contributed by atoms with van der Waals surface area (Å²) in [5.41, 5.74) is 0. The Morgan fingerprint density at radius 3 is 2.89 bits per heavy atom. The lowest BCUT2D eigenvalue weighted by Crippen LogP contribution is -2.36. The van der Waals surface area contributed by atoms with Crippen LogP contribution in [0.3, 0.4) is 0 Å². The fourth-order valence-corrected chi connectivity index (χ4v) is 1.73. The van der Waals surface area contributed by atoms with Crippen molar-refractivity contribution in [1.82, 2.24) is 5.32 Å². The molecule has 0 bridgehead atoms. The largest absolute Gasteiger partial charge is 0.314 e. The molecule has 0 aromatic rings. The Kier molecular flexibility index (Phi) is 2.86. The highest BCUT2D eigenvalue weighted by Gasteiger charge is 2.15. The molecule has 0 unspecified atom stereocenters. The van der Waals surface area contributed by atoms with Gasteiger partial charge in [-0.1, -0.05) is 0 Å². The first-order valence-electron chi connectivity index (χ1n) is 3.67. The maximum absolute atomic E-state index is 4.28. The molecule has 0 aromatic carbocycles. The van der Waals surface area contributed by atoms with Gasteiger partial charge in [0.15, 0.2) is 0 Å². The van der Waals surface area contributed by atoms with Crippen LogP contribution in [-0.2, 0) is 0 Å². The van der Waals surface area contributed by atoms with Crippen molar-refractivity contribution in [1.29, 1.82) is 0 Å². The van der Waals surface area contributed by atoms with Crippen LogP contribution in [0.25, 0.3) is 0 Å². The van der Waals surface area contributed by atoms with Crippen molar-refractivity contribution in [2.24, 2.45) is 5.92 Å². The monoisotopic (exact) mass is 145 g/mol. The summed E-state index contributed by atoms with van der Waals surface area (Å²) >= 11 is 4.28. The molecule has 2 atom stereocenters. The van der Waals surface area contributed by atoms with E-state index < -0.39 is 0 Å². The Morgan fingerprint density at radius 2 is 2.44 bits per heavy atom. The summed E-state index contributed by atoms with van der Waals surface area (Å²) in [5.74, 6) is 1.93. The zero-order chi connectivity index (χ0) is 6.69. The van der Waals surface area contributed by atoms with Gasteiger partial charge in [0.1, 0.15) is 0 Å². The molecule has 1 aliphatic heterocycles. The molecule has 54 valence electrons. The van der Waals surface area contributed by atoms with Crippen molar-refractivity contribution in [3.63, 3.8) is 0 Å². The summed E-state index contributed by atoms with van der Waals surface area (Å²) < 4.78 is 0. The third-order valence-electron chi connectivity index (χ3n) is 1.99. The predicted molar refractivity (Wildman–Crippen MR) is 44.0 cm³/mol. The molecule has 1 saturated heterocycles. The van der Waals surface area contributed by atoms with Crippen LogP contribution < -0.4 is 5.32 Å². The van der Waals surface area contributed by atoms with Gasteiger partial charge in [0.05, 0.1) is 0 Å². The maximum atomic E-state index is 4.28. The molecule has 0 saturated carbocycles. The Morgan fingerprint density at radius 1 is 1.67 bits per heavy atom. The lowest BCUT2D eigenvalue weighted by Gasteiger charge is -2.26. The number of rotatable bonds is 1. The van der Waals surface area contributed by atoms with Crippen LogP contribution in [0.15, 0.2) is 0 Å². The van der Waals surface area contributed by atoms with Gasteiger partial charge < -0.3 is 5.32 Å². The van der Waals surface area contributed by atoms with E-state index in [0.29, 0.717) is 0 Å². The third-order valence-corrected chi connectivity index (χ3v) is 2.51. The first kappa shape index (κ1) is 7.42. The topological polar surface area (TPSA) is 12.0 Å². The minimum Gasteiger partial charge on any atom is -0.314 e. The van der Waals surface area contributed by atoms with Gasteiger partial charge >= 0.3 is 0 Å². The van der Waals surface area contributed by atoms with Crippen molar-refractivity contribution in [2.45, 2.75) is 25.8 Å². The highest BCUT2D eigenvalue weighted by molar-refractivity contribution is 7.80. The predicted octanol–water partition coefficient (Wildman–Crippen LogP) is 1.30. The summed E-state index contributed by atoms with van der Waals surface area (Å²) in [7, 11) is 0. The van der Waals surface area contributed by atoms with Gasteiger partial charge in [0, 0.05) is 6.04 Å². The second kappa shape index (κ2) is 3.47. The quantitative estimate of drug-likeness (QED) is 0.530. The molecule has 1 heterocycles. The van der Waals surface area contributed by atoms with Gasteiger partial charge in [0.25, 0.3) is 0 Å². The minimum absolute atomic E-state index is 0.718. The SMILES string of the molecule is C[C@@H]1C[C@H](CS)CCN1. The summed E-state index contributed by atoms with van der Waals surface area (Å²) in [5, 5.41) is 3.41. The first-order valence-corrected chi connectivity index (χ1v) is 4.30. The van der Waals surface area contributed by atoms with E-state index in [-0.39, 0.29) is 0 Å². The number of hydrogen-bond acceptors (Lipinski definition) is 2. The highest BCUT2D eigenvalue weighted by atomic mass is 32.1. The standard InChI is InChI=1S/C7H15NS/c1-6-4-7(5-9)2-3-8-6/h6-9H,2-5H2,1H3/t6-,7-/m1/s1. The Bertz CT molecular complexity index is 85.0. The van der Waals surface area contributed by atoms with E-state index in [1.165, 1.54) is 19.4 Å². The molecule has 1 nitrogen and oxygen atoms in total. The van der Waals surface area contributed by atoms with Crippen LogP contribution in [0.2, 0.25) is 0 Å².